The number of benzene rings is 1. The van der Waals surface area contributed by atoms with E-state index < -0.39 is 0 Å². The Morgan fingerprint density at radius 2 is 2.00 bits per heavy atom. The molecule has 0 bridgehead atoms. The second-order valence-electron chi connectivity index (χ2n) is 6.47. The summed E-state index contributed by atoms with van der Waals surface area (Å²) < 4.78 is 17.0. The van der Waals surface area contributed by atoms with Crippen molar-refractivity contribution >= 4 is 0 Å². The first-order valence-electron chi connectivity index (χ1n) is 6.98. The number of hydrogen-bond donors (Lipinski definition) is 0. The molecular weight excluding hydrogens is 240 g/mol. The van der Waals surface area contributed by atoms with Gasteiger partial charge in [-0.15, -0.1) is 0 Å². The SMILES string of the molecule is COC1CC[C@@H]2c3cc(C(C)(C)C)ccc3O[C@@H]2O1. The predicted octanol–water partition coefficient (Wildman–Crippen LogP) is 3.57. The molecule has 0 N–H and O–H groups in total. The van der Waals surface area contributed by atoms with Crippen LogP contribution in [0.4, 0.5) is 0 Å². The largest absolute Gasteiger partial charge is 0.464 e. The van der Waals surface area contributed by atoms with E-state index in [9.17, 15) is 0 Å². The van der Waals surface area contributed by atoms with Gasteiger partial charge in [-0.2, -0.15) is 0 Å². The summed E-state index contributed by atoms with van der Waals surface area (Å²) in [5.41, 5.74) is 2.81. The fraction of sp³-hybridized carbons (Fsp3) is 0.625. The van der Waals surface area contributed by atoms with Crippen molar-refractivity contribution in [3.63, 3.8) is 0 Å². The first-order chi connectivity index (χ1) is 8.99. The summed E-state index contributed by atoms with van der Waals surface area (Å²) in [6.07, 6.45) is 1.69. The third-order valence-electron chi connectivity index (χ3n) is 4.11. The summed E-state index contributed by atoms with van der Waals surface area (Å²) in [6.45, 7) is 6.71. The van der Waals surface area contributed by atoms with E-state index in [2.05, 4.69) is 39.0 Å². The standard InChI is InChI=1S/C16H22O3/c1-16(2,3)10-5-7-13-12(9-10)11-6-8-14(17-4)19-15(11)18-13/h5,7,9,11,14-15H,6,8H2,1-4H3/t11-,14?,15-/m1/s1. The van der Waals surface area contributed by atoms with Crippen molar-refractivity contribution in [1.82, 2.24) is 0 Å². The average molecular weight is 262 g/mol. The fourth-order valence-corrected chi connectivity index (χ4v) is 2.89. The van der Waals surface area contributed by atoms with Gasteiger partial charge in [0.2, 0.25) is 6.29 Å². The number of ether oxygens (including phenoxy) is 3. The van der Waals surface area contributed by atoms with Crippen LogP contribution in [0, 0.1) is 0 Å². The first-order valence-corrected chi connectivity index (χ1v) is 6.98. The van der Waals surface area contributed by atoms with Crippen LogP contribution in [0.25, 0.3) is 0 Å². The van der Waals surface area contributed by atoms with Crippen LogP contribution in [0.2, 0.25) is 0 Å². The minimum atomic E-state index is -0.177. The highest BCUT2D eigenvalue weighted by Crippen LogP contribution is 2.46. The molecule has 1 fully saturated rings. The summed E-state index contributed by atoms with van der Waals surface area (Å²) in [6, 6.07) is 6.53. The summed E-state index contributed by atoms with van der Waals surface area (Å²) in [4.78, 5) is 0. The zero-order valence-electron chi connectivity index (χ0n) is 12.1. The molecular formula is C16H22O3. The molecule has 104 valence electrons. The number of fused-ring (bicyclic) bond motifs is 3. The maximum atomic E-state index is 5.91. The van der Waals surface area contributed by atoms with E-state index in [0.29, 0.717) is 5.92 Å². The van der Waals surface area contributed by atoms with Gasteiger partial charge in [0.15, 0.2) is 6.29 Å². The minimum Gasteiger partial charge on any atom is -0.464 e. The molecule has 0 saturated carbocycles. The van der Waals surface area contributed by atoms with Gasteiger partial charge in [0.25, 0.3) is 0 Å². The lowest BCUT2D eigenvalue weighted by Crippen LogP contribution is -2.34. The molecule has 0 spiro atoms. The molecule has 1 aromatic carbocycles. The highest BCUT2D eigenvalue weighted by atomic mass is 16.8. The van der Waals surface area contributed by atoms with Gasteiger partial charge in [-0.25, -0.2) is 0 Å². The van der Waals surface area contributed by atoms with Gasteiger partial charge >= 0.3 is 0 Å². The lowest BCUT2D eigenvalue weighted by Gasteiger charge is -2.30. The Kier molecular flexibility index (Phi) is 3.06. The molecule has 0 aliphatic carbocycles. The van der Waals surface area contributed by atoms with Crippen LogP contribution in [0.1, 0.15) is 50.7 Å². The van der Waals surface area contributed by atoms with Crippen molar-refractivity contribution < 1.29 is 14.2 Å². The molecule has 19 heavy (non-hydrogen) atoms. The Morgan fingerprint density at radius 3 is 2.68 bits per heavy atom. The molecule has 2 aliphatic heterocycles. The van der Waals surface area contributed by atoms with Gasteiger partial charge in [0.05, 0.1) is 5.92 Å². The summed E-state index contributed by atoms with van der Waals surface area (Å²) in [5.74, 6) is 1.32. The van der Waals surface area contributed by atoms with E-state index in [1.165, 1.54) is 11.1 Å². The Hall–Kier alpha value is -1.06. The second-order valence-corrected chi connectivity index (χ2v) is 6.47. The van der Waals surface area contributed by atoms with E-state index >= 15 is 0 Å². The average Bonchev–Trinajstić information content (AvgIpc) is 2.73. The molecule has 3 atom stereocenters. The molecule has 0 aromatic heterocycles. The maximum absolute atomic E-state index is 5.91. The molecule has 1 unspecified atom stereocenters. The normalized spacial score (nSPS) is 29.6. The zero-order chi connectivity index (χ0) is 13.6. The molecule has 1 aromatic rings. The van der Waals surface area contributed by atoms with E-state index in [0.717, 1.165) is 18.6 Å². The smallest absolute Gasteiger partial charge is 0.209 e. The number of hydrogen-bond acceptors (Lipinski definition) is 3. The molecule has 3 heteroatoms. The summed E-state index contributed by atoms with van der Waals surface area (Å²) in [7, 11) is 1.69. The number of rotatable bonds is 1. The van der Waals surface area contributed by atoms with Gasteiger partial charge in [0, 0.05) is 12.7 Å². The maximum Gasteiger partial charge on any atom is 0.209 e. The summed E-state index contributed by atoms with van der Waals surface area (Å²) >= 11 is 0. The van der Waals surface area contributed by atoms with E-state index in [4.69, 9.17) is 14.2 Å². The molecule has 2 heterocycles. The van der Waals surface area contributed by atoms with E-state index in [1.54, 1.807) is 7.11 Å². The first kappa shape index (κ1) is 12.9. The second kappa shape index (κ2) is 4.50. The lowest BCUT2D eigenvalue weighted by atomic mass is 9.83. The van der Waals surface area contributed by atoms with Gasteiger partial charge in [-0.3, -0.25) is 0 Å². The minimum absolute atomic E-state index is 0.127. The molecule has 2 aliphatic rings. The lowest BCUT2D eigenvalue weighted by molar-refractivity contribution is -0.232. The Balaban J connectivity index is 1.89. The highest BCUT2D eigenvalue weighted by molar-refractivity contribution is 5.45. The van der Waals surface area contributed by atoms with Gasteiger partial charge in [-0.1, -0.05) is 32.9 Å². The molecule has 0 radical (unpaired) electrons. The third-order valence-corrected chi connectivity index (χ3v) is 4.11. The van der Waals surface area contributed by atoms with Crippen LogP contribution < -0.4 is 4.74 Å². The Bertz CT molecular complexity index is 475. The van der Waals surface area contributed by atoms with Crippen molar-refractivity contribution in [2.75, 3.05) is 7.11 Å². The highest BCUT2D eigenvalue weighted by Gasteiger charge is 2.40. The monoisotopic (exact) mass is 262 g/mol. The molecule has 1 saturated heterocycles. The van der Waals surface area contributed by atoms with Crippen molar-refractivity contribution in [1.29, 1.82) is 0 Å². The fourth-order valence-electron chi connectivity index (χ4n) is 2.89. The van der Waals surface area contributed by atoms with Gasteiger partial charge in [-0.05, 0) is 29.9 Å². The molecule has 3 nitrogen and oxygen atoms in total. The van der Waals surface area contributed by atoms with Crippen LogP contribution in [0.15, 0.2) is 18.2 Å². The zero-order valence-corrected chi connectivity index (χ0v) is 12.1. The molecule has 3 rings (SSSR count). The van der Waals surface area contributed by atoms with Crippen molar-refractivity contribution in [3.8, 4) is 5.75 Å². The Labute approximate surface area is 114 Å². The van der Waals surface area contributed by atoms with Crippen LogP contribution >= 0.6 is 0 Å². The summed E-state index contributed by atoms with van der Waals surface area (Å²) in [5, 5.41) is 0. The predicted molar refractivity (Wildman–Crippen MR) is 73.4 cm³/mol. The number of methoxy groups -OCH3 is 1. The van der Waals surface area contributed by atoms with Crippen LogP contribution in [0.3, 0.4) is 0 Å². The topological polar surface area (TPSA) is 27.7 Å². The third kappa shape index (κ3) is 2.26. The van der Waals surface area contributed by atoms with E-state index in [1.807, 2.05) is 0 Å². The quantitative estimate of drug-likeness (QED) is 0.774. The van der Waals surface area contributed by atoms with Crippen LogP contribution in [-0.2, 0) is 14.9 Å². The van der Waals surface area contributed by atoms with Crippen LogP contribution in [-0.4, -0.2) is 19.7 Å². The molecule has 0 amide bonds. The van der Waals surface area contributed by atoms with Crippen molar-refractivity contribution in [3.05, 3.63) is 29.3 Å². The Morgan fingerprint density at radius 1 is 1.21 bits per heavy atom. The van der Waals surface area contributed by atoms with Crippen molar-refractivity contribution in [2.45, 2.75) is 57.5 Å². The van der Waals surface area contributed by atoms with Crippen molar-refractivity contribution in [2.24, 2.45) is 0 Å². The van der Waals surface area contributed by atoms with Crippen LogP contribution in [0.5, 0.6) is 5.75 Å². The van der Waals surface area contributed by atoms with E-state index in [-0.39, 0.29) is 18.0 Å². The van der Waals surface area contributed by atoms with Gasteiger partial charge < -0.3 is 14.2 Å². The van der Waals surface area contributed by atoms with Gasteiger partial charge in [0.1, 0.15) is 5.75 Å².